The molecule has 1 aromatic heterocycles. The van der Waals surface area contributed by atoms with Gasteiger partial charge in [-0.1, -0.05) is 29.0 Å². The minimum atomic E-state index is -3.49. The SMILES string of the molecule is Cc1cc(Cl)cc2sc(N(CCN(C)C)C(=O)c3cccc(S(=O)(=O)C(C)C)c3)nc12. The first-order valence-electron chi connectivity index (χ1n) is 9.88. The van der Waals surface area contributed by atoms with Crippen LogP contribution >= 0.6 is 22.9 Å². The first-order valence-corrected chi connectivity index (χ1v) is 12.6. The number of aryl methyl sites for hydroxylation is 1. The van der Waals surface area contributed by atoms with E-state index >= 15 is 0 Å². The fourth-order valence-corrected chi connectivity index (χ4v) is 5.62. The third kappa shape index (κ3) is 5.09. The summed E-state index contributed by atoms with van der Waals surface area (Å²) in [7, 11) is 0.376. The summed E-state index contributed by atoms with van der Waals surface area (Å²) in [6.07, 6.45) is 0. The van der Waals surface area contributed by atoms with Crippen LogP contribution in [-0.2, 0) is 9.84 Å². The van der Waals surface area contributed by atoms with Crippen molar-refractivity contribution in [3.63, 3.8) is 0 Å². The molecule has 3 aromatic rings. The van der Waals surface area contributed by atoms with Crippen LogP contribution in [0.1, 0.15) is 29.8 Å². The highest BCUT2D eigenvalue weighted by atomic mass is 35.5. The number of rotatable bonds is 7. The summed E-state index contributed by atoms with van der Waals surface area (Å²) in [4.78, 5) is 21.9. The number of sulfone groups is 1. The molecular formula is C22H26ClN3O3S2. The molecule has 0 bridgehead atoms. The van der Waals surface area contributed by atoms with E-state index in [0.29, 0.717) is 28.8 Å². The predicted octanol–water partition coefficient (Wildman–Crippen LogP) is 4.65. The minimum absolute atomic E-state index is 0.146. The van der Waals surface area contributed by atoms with Crippen LogP contribution in [0.25, 0.3) is 10.2 Å². The molecule has 0 atom stereocenters. The normalized spacial score (nSPS) is 12.1. The molecule has 1 amide bonds. The second-order valence-corrected chi connectivity index (χ2v) is 11.9. The number of hydrogen-bond acceptors (Lipinski definition) is 6. The lowest BCUT2D eigenvalue weighted by Crippen LogP contribution is -2.36. The number of carbonyl (C=O) groups is 1. The molecule has 0 unspecified atom stereocenters. The summed E-state index contributed by atoms with van der Waals surface area (Å²) in [5.41, 5.74) is 2.06. The maximum absolute atomic E-state index is 13.5. The lowest BCUT2D eigenvalue weighted by atomic mass is 10.2. The molecule has 31 heavy (non-hydrogen) atoms. The summed E-state index contributed by atoms with van der Waals surface area (Å²) in [6.45, 7) is 6.23. The number of hydrogen-bond donors (Lipinski definition) is 0. The number of fused-ring (bicyclic) bond motifs is 1. The molecule has 166 valence electrons. The Labute approximate surface area is 192 Å². The molecule has 2 aromatic carbocycles. The first-order chi connectivity index (χ1) is 14.5. The van der Waals surface area contributed by atoms with E-state index in [1.54, 1.807) is 30.9 Å². The minimum Gasteiger partial charge on any atom is -0.308 e. The summed E-state index contributed by atoms with van der Waals surface area (Å²) >= 11 is 7.59. The number of aromatic nitrogens is 1. The van der Waals surface area contributed by atoms with Crippen LogP contribution in [0.15, 0.2) is 41.3 Å². The molecule has 0 aliphatic rings. The van der Waals surface area contributed by atoms with E-state index in [1.807, 2.05) is 38.1 Å². The molecular weight excluding hydrogens is 454 g/mol. The van der Waals surface area contributed by atoms with E-state index in [9.17, 15) is 13.2 Å². The number of benzene rings is 2. The van der Waals surface area contributed by atoms with Crippen molar-refractivity contribution in [2.45, 2.75) is 30.9 Å². The summed E-state index contributed by atoms with van der Waals surface area (Å²) < 4.78 is 26.1. The van der Waals surface area contributed by atoms with Crippen molar-refractivity contribution in [1.29, 1.82) is 0 Å². The van der Waals surface area contributed by atoms with E-state index < -0.39 is 15.1 Å². The zero-order valence-electron chi connectivity index (χ0n) is 18.2. The monoisotopic (exact) mass is 479 g/mol. The molecule has 6 nitrogen and oxygen atoms in total. The van der Waals surface area contributed by atoms with Crippen molar-refractivity contribution in [2.75, 3.05) is 32.1 Å². The molecule has 0 saturated carbocycles. The van der Waals surface area contributed by atoms with Crippen molar-refractivity contribution in [1.82, 2.24) is 9.88 Å². The molecule has 0 radical (unpaired) electrons. The van der Waals surface area contributed by atoms with Crippen molar-refractivity contribution < 1.29 is 13.2 Å². The van der Waals surface area contributed by atoms with Gasteiger partial charge in [-0.25, -0.2) is 13.4 Å². The third-order valence-corrected chi connectivity index (χ3v) is 8.31. The Balaban J connectivity index is 2.06. The number of anilines is 1. The molecule has 3 rings (SSSR count). The zero-order valence-corrected chi connectivity index (χ0v) is 20.6. The van der Waals surface area contributed by atoms with Gasteiger partial charge in [-0.15, -0.1) is 0 Å². The highest BCUT2D eigenvalue weighted by Crippen LogP contribution is 2.33. The van der Waals surface area contributed by atoms with Gasteiger partial charge >= 0.3 is 0 Å². The molecule has 0 fully saturated rings. The lowest BCUT2D eigenvalue weighted by Gasteiger charge is -2.22. The van der Waals surface area contributed by atoms with Gasteiger partial charge in [-0.05, 0) is 70.8 Å². The molecule has 9 heteroatoms. The Hall–Kier alpha value is -2.00. The summed E-state index contributed by atoms with van der Waals surface area (Å²) in [5, 5.41) is 0.613. The molecule has 0 aliphatic heterocycles. The van der Waals surface area contributed by atoms with Crippen LogP contribution in [0.5, 0.6) is 0 Å². The van der Waals surface area contributed by atoms with Crippen LogP contribution < -0.4 is 4.90 Å². The van der Waals surface area contributed by atoms with E-state index in [4.69, 9.17) is 16.6 Å². The van der Waals surface area contributed by atoms with Crippen LogP contribution in [-0.4, -0.2) is 56.6 Å². The predicted molar refractivity (Wildman–Crippen MR) is 128 cm³/mol. The van der Waals surface area contributed by atoms with Crippen LogP contribution in [0.4, 0.5) is 5.13 Å². The lowest BCUT2D eigenvalue weighted by molar-refractivity contribution is 0.0985. The topological polar surface area (TPSA) is 70.6 Å². The summed E-state index contributed by atoms with van der Waals surface area (Å²) in [6, 6.07) is 9.92. The van der Waals surface area contributed by atoms with Crippen molar-refractivity contribution in [3.05, 3.63) is 52.5 Å². The smallest absolute Gasteiger partial charge is 0.260 e. The van der Waals surface area contributed by atoms with Crippen molar-refractivity contribution in [3.8, 4) is 0 Å². The molecule has 0 saturated heterocycles. The Kier molecular flexibility index (Phi) is 7.05. The van der Waals surface area contributed by atoms with Crippen molar-refractivity contribution >= 4 is 54.0 Å². The standard InChI is InChI=1S/C22H26ClN3O3S2/c1-14(2)31(28,29)18-8-6-7-16(12-18)21(27)26(10-9-25(4)5)22-24-20-15(3)11-17(23)13-19(20)30-22/h6-8,11-14H,9-10H2,1-5H3. The van der Waals surface area contributed by atoms with Gasteiger partial charge in [0.25, 0.3) is 5.91 Å². The van der Waals surface area contributed by atoms with Gasteiger partial charge in [0.1, 0.15) is 0 Å². The number of amides is 1. The van der Waals surface area contributed by atoms with Crippen LogP contribution in [0.2, 0.25) is 5.02 Å². The Morgan fingerprint density at radius 1 is 1.16 bits per heavy atom. The highest BCUT2D eigenvalue weighted by molar-refractivity contribution is 7.92. The largest absolute Gasteiger partial charge is 0.308 e. The molecule has 0 N–H and O–H groups in total. The third-order valence-electron chi connectivity index (χ3n) is 4.92. The maximum Gasteiger partial charge on any atom is 0.260 e. The average molecular weight is 480 g/mol. The van der Waals surface area contributed by atoms with Gasteiger partial charge in [0.15, 0.2) is 15.0 Å². The Morgan fingerprint density at radius 2 is 1.87 bits per heavy atom. The molecule has 0 aliphatic carbocycles. The van der Waals surface area contributed by atoms with Gasteiger partial charge in [0.2, 0.25) is 0 Å². The second kappa shape index (κ2) is 9.24. The molecule has 1 heterocycles. The fourth-order valence-electron chi connectivity index (χ4n) is 3.08. The van der Waals surface area contributed by atoms with Gasteiger partial charge < -0.3 is 4.90 Å². The van der Waals surface area contributed by atoms with E-state index in [2.05, 4.69) is 0 Å². The number of thiazole rings is 1. The van der Waals surface area contributed by atoms with Gasteiger partial charge in [0.05, 0.1) is 20.4 Å². The van der Waals surface area contributed by atoms with E-state index in [1.165, 1.54) is 23.5 Å². The number of halogens is 1. The second-order valence-electron chi connectivity index (χ2n) is 7.95. The number of likely N-dealkylation sites (N-methyl/N-ethyl adjacent to an activating group) is 1. The first kappa shape index (κ1) is 23.7. The highest BCUT2D eigenvalue weighted by Gasteiger charge is 2.25. The van der Waals surface area contributed by atoms with Gasteiger partial charge in [-0.2, -0.15) is 0 Å². The number of carbonyl (C=O) groups excluding carboxylic acids is 1. The molecule has 0 spiro atoms. The zero-order chi connectivity index (χ0) is 22.9. The van der Waals surface area contributed by atoms with Crippen LogP contribution in [0, 0.1) is 6.92 Å². The Morgan fingerprint density at radius 3 is 2.52 bits per heavy atom. The average Bonchev–Trinajstić information content (AvgIpc) is 3.11. The van der Waals surface area contributed by atoms with Gasteiger partial charge in [0, 0.05) is 23.7 Å². The Bertz CT molecular complexity index is 1220. The van der Waals surface area contributed by atoms with Crippen LogP contribution in [0.3, 0.4) is 0 Å². The van der Waals surface area contributed by atoms with E-state index in [-0.39, 0.29) is 10.8 Å². The van der Waals surface area contributed by atoms with Crippen molar-refractivity contribution in [2.24, 2.45) is 0 Å². The van der Waals surface area contributed by atoms with Gasteiger partial charge in [-0.3, -0.25) is 9.69 Å². The maximum atomic E-state index is 13.5. The van der Waals surface area contributed by atoms with E-state index in [0.717, 1.165) is 15.8 Å². The summed E-state index contributed by atoms with van der Waals surface area (Å²) in [5.74, 6) is -0.287. The quantitative estimate of drug-likeness (QED) is 0.493. The number of nitrogens with zero attached hydrogens (tertiary/aromatic N) is 3. The fraction of sp³-hybridized carbons (Fsp3) is 0.364.